The van der Waals surface area contributed by atoms with Crippen LogP contribution in [0.25, 0.3) is 11.5 Å². The minimum absolute atomic E-state index is 0. The van der Waals surface area contributed by atoms with E-state index < -0.39 is 29.5 Å². The fraction of sp³-hybridized carbons (Fsp3) is 0.227. The first-order valence-corrected chi connectivity index (χ1v) is 9.66. The third-order valence-corrected chi connectivity index (χ3v) is 4.88. The molecule has 0 spiro atoms. The Hall–Kier alpha value is -3.30. The summed E-state index contributed by atoms with van der Waals surface area (Å²) in [5.74, 6) is -2.73. The van der Waals surface area contributed by atoms with Gasteiger partial charge in [0.05, 0.1) is 13.2 Å². The van der Waals surface area contributed by atoms with E-state index in [1.165, 1.54) is 4.90 Å². The van der Waals surface area contributed by atoms with Crippen LogP contribution in [0.5, 0.6) is 0 Å². The van der Waals surface area contributed by atoms with Gasteiger partial charge in [0.1, 0.15) is 23.9 Å². The number of hydrogen-bond acceptors (Lipinski definition) is 5. The summed E-state index contributed by atoms with van der Waals surface area (Å²) in [5.41, 5.74) is 0.464. The van der Waals surface area contributed by atoms with E-state index in [1.54, 1.807) is 24.3 Å². The van der Waals surface area contributed by atoms with Gasteiger partial charge in [0.25, 0.3) is 5.91 Å². The summed E-state index contributed by atoms with van der Waals surface area (Å²) in [4.78, 5) is 31.5. The van der Waals surface area contributed by atoms with Crippen LogP contribution in [0.2, 0.25) is 0 Å². The molecular formula is C22H20ClF2N3O4. The number of amides is 2. The molecule has 0 saturated carbocycles. The monoisotopic (exact) mass is 463 g/mol. The third kappa shape index (κ3) is 5.12. The highest BCUT2D eigenvalue weighted by Crippen LogP contribution is 2.23. The molecule has 1 aliphatic heterocycles. The van der Waals surface area contributed by atoms with Crippen LogP contribution in [0, 0.1) is 11.6 Å². The van der Waals surface area contributed by atoms with Crippen LogP contribution in [0.15, 0.2) is 59.2 Å². The molecule has 1 saturated heterocycles. The number of rotatable bonds is 5. The van der Waals surface area contributed by atoms with E-state index in [1.807, 2.05) is 6.07 Å². The molecule has 168 valence electrons. The summed E-state index contributed by atoms with van der Waals surface area (Å²) in [6.07, 6.45) is 1.16. The standard InChI is InChI=1S/C22H19F2N3O4.ClH/c23-15-6-7-16(17(24)12-15)19(22(29)27-8-10-30-11-9-27)26-20(28)18-13-31-21(25-18)14-4-2-1-3-5-14;/h1-7,12-13,19H,8-11H2,(H,26,28);1H. The molecule has 1 fully saturated rings. The lowest BCUT2D eigenvalue weighted by molar-refractivity contribution is -0.137. The Morgan fingerprint density at radius 3 is 2.47 bits per heavy atom. The van der Waals surface area contributed by atoms with Crippen molar-refractivity contribution in [2.75, 3.05) is 26.3 Å². The predicted molar refractivity (Wildman–Crippen MR) is 113 cm³/mol. The quantitative estimate of drug-likeness (QED) is 0.627. The average molecular weight is 464 g/mol. The van der Waals surface area contributed by atoms with Gasteiger partial charge in [-0.25, -0.2) is 13.8 Å². The van der Waals surface area contributed by atoms with Crippen molar-refractivity contribution >= 4 is 24.2 Å². The fourth-order valence-electron chi connectivity index (χ4n) is 3.27. The van der Waals surface area contributed by atoms with E-state index in [2.05, 4.69) is 10.3 Å². The molecule has 2 aromatic carbocycles. The van der Waals surface area contributed by atoms with Gasteiger partial charge < -0.3 is 19.4 Å². The van der Waals surface area contributed by atoms with Gasteiger partial charge in [-0.05, 0) is 18.2 Å². The van der Waals surface area contributed by atoms with Crippen LogP contribution in [0.3, 0.4) is 0 Å². The molecule has 1 aromatic heterocycles. The molecule has 0 aliphatic carbocycles. The summed E-state index contributed by atoms with van der Waals surface area (Å²) in [5, 5.41) is 2.52. The van der Waals surface area contributed by atoms with Crippen LogP contribution in [-0.4, -0.2) is 48.0 Å². The van der Waals surface area contributed by atoms with Gasteiger partial charge in [0.2, 0.25) is 11.8 Å². The van der Waals surface area contributed by atoms with Gasteiger partial charge in [-0.2, -0.15) is 0 Å². The smallest absolute Gasteiger partial charge is 0.274 e. The van der Waals surface area contributed by atoms with E-state index in [0.29, 0.717) is 37.9 Å². The molecule has 1 atom stereocenters. The molecule has 0 radical (unpaired) electrons. The molecule has 4 rings (SSSR count). The van der Waals surface area contributed by atoms with E-state index in [4.69, 9.17) is 9.15 Å². The maximum atomic E-state index is 14.5. The molecule has 2 amide bonds. The SMILES string of the molecule is Cl.O=C(NC(C(=O)N1CCOCC1)c1ccc(F)cc1F)c1coc(-c2ccccc2)n1. The Balaban J connectivity index is 0.00000289. The zero-order chi connectivity index (χ0) is 21.8. The summed E-state index contributed by atoms with van der Waals surface area (Å²) >= 11 is 0. The molecule has 10 heteroatoms. The third-order valence-electron chi connectivity index (χ3n) is 4.88. The van der Waals surface area contributed by atoms with Crippen molar-refractivity contribution in [1.29, 1.82) is 0 Å². The number of oxazole rings is 1. The second kappa shape index (κ2) is 10.3. The Morgan fingerprint density at radius 2 is 1.78 bits per heavy atom. The zero-order valence-corrected chi connectivity index (χ0v) is 17.6. The number of carbonyl (C=O) groups excluding carboxylic acids is 2. The molecule has 1 unspecified atom stereocenters. The second-order valence-electron chi connectivity index (χ2n) is 6.91. The largest absolute Gasteiger partial charge is 0.444 e. The average Bonchev–Trinajstić information content (AvgIpc) is 3.29. The number of ether oxygens (including phenoxy) is 1. The number of hydrogen-bond donors (Lipinski definition) is 1. The van der Waals surface area contributed by atoms with Crippen molar-refractivity contribution in [3.8, 4) is 11.5 Å². The lowest BCUT2D eigenvalue weighted by Gasteiger charge is -2.31. The second-order valence-corrected chi connectivity index (χ2v) is 6.91. The summed E-state index contributed by atoms with van der Waals surface area (Å²) in [6, 6.07) is 10.5. The van der Waals surface area contributed by atoms with Gasteiger partial charge in [-0.1, -0.05) is 24.3 Å². The number of halogens is 3. The number of aromatic nitrogens is 1. The Kier molecular flexibility index (Phi) is 7.55. The molecule has 2 heterocycles. The normalized spacial score (nSPS) is 14.4. The summed E-state index contributed by atoms with van der Waals surface area (Å²) in [7, 11) is 0. The first kappa shape index (κ1) is 23.4. The minimum atomic E-state index is -1.36. The van der Waals surface area contributed by atoms with E-state index >= 15 is 0 Å². The predicted octanol–water partition coefficient (Wildman–Crippen LogP) is 3.37. The number of nitrogens with one attached hydrogen (secondary N) is 1. The highest BCUT2D eigenvalue weighted by molar-refractivity contribution is 5.96. The highest BCUT2D eigenvalue weighted by Gasteiger charge is 2.31. The van der Waals surface area contributed by atoms with Gasteiger partial charge in [0, 0.05) is 30.3 Å². The Labute approximate surface area is 188 Å². The molecule has 1 N–H and O–H groups in total. The topological polar surface area (TPSA) is 84.7 Å². The maximum absolute atomic E-state index is 14.5. The van der Waals surface area contributed by atoms with Crippen molar-refractivity contribution in [2.45, 2.75) is 6.04 Å². The zero-order valence-electron chi connectivity index (χ0n) is 16.8. The Morgan fingerprint density at radius 1 is 1.06 bits per heavy atom. The number of morpholine rings is 1. The molecular weight excluding hydrogens is 444 g/mol. The van der Waals surface area contributed by atoms with Crippen molar-refractivity contribution in [2.24, 2.45) is 0 Å². The molecule has 32 heavy (non-hydrogen) atoms. The van der Waals surface area contributed by atoms with Gasteiger partial charge in [-0.15, -0.1) is 12.4 Å². The first-order chi connectivity index (χ1) is 15.0. The molecule has 3 aromatic rings. The van der Waals surface area contributed by atoms with Gasteiger partial charge in [0.15, 0.2) is 5.69 Å². The molecule has 1 aliphatic rings. The van der Waals surface area contributed by atoms with Crippen LogP contribution in [0.4, 0.5) is 8.78 Å². The van der Waals surface area contributed by atoms with Crippen LogP contribution in [0.1, 0.15) is 22.1 Å². The van der Waals surface area contributed by atoms with Crippen molar-refractivity contribution in [1.82, 2.24) is 15.2 Å². The van der Waals surface area contributed by atoms with Crippen molar-refractivity contribution in [3.63, 3.8) is 0 Å². The van der Waals surface area contributed by atoms with Gasteiger partial charge in [-0.3, -0.25) is 9.59 Å². The molecule has 7 nitrogen and oxygen atoms in total. The van der Waals surface area contributed by atoms with Crippen molar-refractivity contribution in [3.05, 3.63) is 77.7 Å². The lowest BCUT2D eigenvalue weighted by Crippen LogP contribution is -2.47. The summed E-state index contributed by atoms with van der Waals surface area (Å²) < 4.78 is 38.5. The fourth-order valence-corrected chi connectivity index (χ4v) is 3.27. The number of carbonyl (C=O) groups is 2. The summed E-state index contributed by atoms with van der Waals surface area (Å²) in [6.45, 7) is 1.27. The van der Waals surface area contributed by atoms with Crippen LogP contribution >= 0.6 is 12.4 Å². The van der Waals surface area contributed by atoms with E-state index in [0.717, 1.165) is 18.4 Å². The molecule has 0 bridgehead atoms. The van der Waals surface area contributed by atoms with E-state index in [9.17, 15) is 18.4 Å². The number of nitrogens with zero attached hydrogens (tertiary/aromatic N) is 2. The number of benzene rings is 2. The highest BCUT2D eigenvalue weighted by atomic mass is 35.5. The van der Waals surface area contributed by atoms with Crippen molar-refractivity contribution < 1.29 is 27.5 Å². The van der Waals surface area contributed by atoms with Crippen LogP contribution < -0.4 is 5.32 Å². The lowest BCUT2D eigenvalue weighted by atomic mass is 10.0. The Bertz CT molecular complexity index is 1090. The minimum Gasteiger partial charge on any atom is -0.444 e. The van der Waals surface area contributed by atoms with Gasteiger partial charge >= 0.3 is 0 Å². The van der Waals surface area contributed by atoms with Crippen LogP contribution in [-0.2, 0) is 9.53 Å². The first-order valence-electron chi connectivity index (χ1n) is 9.66. The van der Waals surface area contributed by atoms with E-state index in [-0.39, 0.29) is 29.6 Å². The maximum Gasteiger partial charge on any atom is 0.274 e.